The van der Waals surface area contributed by atoms with Crippen molar-refractivity contribution in [2.24, 2.45) is 0 Å². The molecule has 0 aliphatic carbocycles. The monoisotopic (exact) mass is 416 g/mol. The molecule has 7 heteroatoms. The van der Waals surface area contributed by atoms with E-state index in [2.05, 4.69) is 5.32 Å². The van der Waals surface area contributed by atoms with Crippen molar-refractivity contribution in [3.8, 4) is 5.75 Å². The minimum absolute atomic E-state index is 0.125. The fraction of sp³-hybridized carbons (Fsp3) is 0.409. The molecule has 0 spiro atoms. The Hall–Kier alpha value is -2.38. The maximum Gasteiger partial charge on any atom is 0.243 e. The standard InChI is InChI=1S/C22H28N2O4S/c1-28-21-13-6-5-9-18(21)14-15-23-22(25)17-19-10-7-8-16-24(19)29(26,27)20-11-3-2-4-12-20/h2-6,9,11-13,19H,7-8,10,14-17H2,1H3,(H,23,25)/t19-/m0/s1. The van der Waals surface area contributed by atoms with Gasteiger partial charge in [0.2, 0.25) is 15.9 Å². The van der Waals surface area contributed by atoms with Crippen LogP contribution in [0.4, 0.5) is 0 Å². The summed E-state index contributed by atoms with van der Waals surface area (Å²) in [7, 11) is -1.97. The van der Waals surface area contributed by atoms with Crippen LogP contribution in [0.3, 0.4) is 0 Å². The van der Waals surface area contributed by atoms with E-state index < -0.39 is 10.0 Å². The molecule has 29 heavy (non-hydrogen) atoms. The fourth-order valence-corrected chi connectivity index (χ4v) is 5.47. The Morgan fingerprint density at radius 1 is 1.10 bits per heavy atom. The number of hydrogen-bond donors (Lipinski definition) is 1. The van der Waals surface area contributed by atoms with Gasteiger partial charge in [-0.25, -0.2) is 8.42 Å². The molecule has 6 nitrogen and oxygen atoms in total. The van der Waals surface area contributed by atoms with Crippen LogP contribution in [-0.4, -0.2) is 44.9 Å². The molecule has 0 bridgehead atoms. The second-order valence-corrected chi connectivity index (χ2v) is 9.08. The minimum Gasteiger partial charge on any atom is -0.496 e. The normalized spacial score (nSPS) is 17.6. The number of piperidine rings is 1. The molecule has 1 heterocycles. The lowest BCUT2D eigenvalue weighted by molar-refractivity contribution is -0.122. The van der Waals surface area contributed by atoms with Gasteiger partial charge < -0.3 is 10.1 Å². The molecule has 3 rings (SSSR count). The van der Waals surface area contributed by atoms with Gasteiger partial charge in [-0.1, -0.05) is 42.8 Å². The molecule has 0 unspecified atom stereocenters. The number of carbonyl (C=O) groups is 1. The highest BCUT2D eigenvalue weighted by Crippen LogP contribution is 2.27. The second-order valence-electron chi connectivity index (χ2n) is 7.19. The van der Waals surface area contributed by atoms with E-state index in [0.29, 0.717) is 25.9 Å². The summed E-state index contributed by atoms with van der Waals surface area (Å²) in [6, 6.07) is 15.9. The number of sulfonamides is 1. The highest BCUT2D eigenvalue weighted by atomic mass is 32.2. The molecule has 1 atom stereocenters. The molecular formula is C22H28N2O4S. The van der Waals surface area contributed by atoms with Crippen molar-refractivity contribution >= 4 is 15.9 Å². The first-order valence-electron chi connectivity index (χ1n) is 9.98. The molecule has 2 aromatic carbocycles. The first-order chi connectivity index (χ1) is 14.0. The predicted molar refractivity (Wildman–Crippen MR) is 112 cm³/mol. The maximum atomic E-state index is 13.0. The quantitative estimate of drug-likeness (QED) is 0.718. The van der Waals surface area contributed by atoms with E-state index in [9.17, 15) is 13.2 Å². The molecule has 1 saturated heterocycles. The average Bonchev–Trinajstić information content (AvgIpc) is 2.75. The van der Waals surface area contributed by atoms with Gasteiger partial charge in [-0.2, -0.15) is 4.31 Å². The third kappa shape index (κ3) is 5.36. The van der Waals surface area contributed by atoms with Crippen LogP contribution < -0.4 is 10.1 Å². The number of amides is 1. The van der Waals surface area contributed by atoms with Crippen molar-refractivity contribution < 1.29 is 17.9 Å². The van der Waals surface area contributed by atoms with Crippen molar-refractivity contribution in [2.45, 2.75) is 43.0 Å². The van der Waals surface area contributed by atoms with E-state index in [0.717, 1.165) is 24.2 Å². The van der Waals surface area contributed by atoms with Gasteiger partial charge >= 0.3 is 0 Å². The van der Waals surface area contributed by atoms with Crippen molar-refractivity contribution in [2.75, 3.05) is 20.2 Å². The van der Waals surface area contributed by atoms with Crippen LogP contribution in [-0.2, 0) is 21.2 Å². The Bertz CT molecular complexity index is 915. The van der Waals surface area contributed by atoms with E-state index in [-0.39, 0.29) is 23.3 Å². The zero-order chi connectivity index (χ0) is 20.7. The Labute approximate surface area is 172 Å². The molecule has 1 aliphatic heterocycles. The Balaban J connectivity index is 1.59. The molecule has 156 valence electrons. The summed E-state index contributed by atoms with van der Waals surface area (Å²) in [6.45, 7) is 0.938. The van der Waals surface area contributed by atoms with Gasteiger partial charge in [-0.05, 0) is 43.0 Å². The molecule has 1 amide bonds. The Morgan fingerprint density at radius 2 is 1.83 bits per heavy atom. The van der Waals surface area contributed by atoms with Crippen LogP contribution in [0.25, 0.3) is 0 Å². The molecule has 1 aliphatic rings. The zero-order valence-corrected chi connectivity index (χ0v) is 17.5. The molecule has 2 aromatic rings. The lowest BCUT2D eigenvalue weighted by atomic mass is 10.0. The van der Waals surface area contributed by atoms with Crippen LogP contribution in [0.1, 0.15) is 31.2 Å². The van der Waals surface area contributed by atoms with Crippen LogP contribution in [0.2, 0.25) is 0 Å². The van der Waals surface area contributed by atoms with E-state index in [1.165, 1.54) is 4.31 Å². The number of rotatable bonds is 8. The van der Waals surface area contributed by atoms with Crippen molar-refractivity contribution in [3.05, 3.63) is 60.2 Å². The topological polar surface area (TPSA) is 75.7 Å². The fourth-order valence-electron chi connectivity index (χ4n) is 3.75. The van der Waals surface area contributed by atoms with Gasteiger partial charge in [-0.3, -0.25) is 4.79 Å². The van der Waals surface area contributed by atoms with Crippen molar-refractivity contribution in [3.63, 3.8) is 0 Å². The number of benzene rings is 2. The van der Waals surface area contributed by atoms with E-state index in [1.54, 1.807) is 37.4 Å². The number of methoxy groups -OCH3 is 1. The van der Waals surface area contributed by atoms with Crippen molar-refractivity contribution in [1.29, 1.82) is 0 Å². The lowest BCUT2D eigenvalue weighted by Crippen LogP contribution is -2.46. The number of nitrogens with zero attached hydrogens (tertiary/aromatic N) is 1. The SMILES string of the molecule is COc1ccccc1CCNC(=O)C[C@@H]1CCCCN1S(=O)(=O)c1ccccc1. The first kappa shape index (κ1) is 21.3. The van der Waals surface area contributed by atoms with Gasteiger partial charge in [0.1, 0.15) is 5.75 Å². The third-order valence-electron chi connectivity index (χ3n) is 5.25. The largest absolute Gasteiger partial charge is 0.496 e. The van der Waals surface area contributed by atoms with Gasteiger partial charge in [0.05, 0.1) is 12.0 Å². The van der Waals surface area contributed by atoms with Gasteiger partial charge in [0.25, 0.3) is 0 Å². The lowest BCUT2D eigenvalue weighted by Gasteiger charge is -2.34. The summed E-state index contributed by atoms with van der Waals surface area (Å²) in [5.74, 6) is 0.675. The maximum absolute atomic E-state index is 13.0. The molecule has 0 radical (unpaired) electrons. The van der Waals surface area contributed by atoms with Crippen LogP contribution in [0.5, 0.6) is 5.75 Å². The van der Waals surface area contributed by atoms with Crippen molar-refractivity contribution in [1.82, 2.24) is 9.62 Å². The summed E-state index contributed by atoms with van der Waals surface area (Å²) in [4.78, 5) is 12.8. The number of hydrogen-bond acceptors (Lipinski definition) is 4. The van der Waals surface area contributed by atoms with E-state index in [4.69, 9.17) is 4.74 Å². The third-order valence-corrected chi connectivity index (χ3v) is 7.22. The highest BCUT2D eigenvalue weighted by molar-refractivity contribution is 7.89. The number of carbonyl (C=O) groups excluding carboxylic acids is 1. The molecule has 0 aromatic heterocycles. The average molecular weight is 417 g/mol. The number of nitrogens with one attached hydrogen (secondary N) is 1. The number of ether oxygens (including phenoxy) is 1. The van der Waals surface area contributed by atoms with Crippen LogP contribution >= 0.6 is 0 Å². The summed E-state index contributed by atoms with van der Waals surface area (Å²) < 4.78 is 32.9. The van der Waals surface area contributed by atoms with Gasteiger partial charge in [-0.15, -0.1) is 0 Å². The smallest absolute Gasteiger partial charge is 0.243 e. The van der Waals surface area contributed by atoms with E-state index in [1.807, 2.05) is 24.3 Å². The first-order valence-corrected chi connectivity index (χ1v) is 11.4. The van der Waals surface area contributed by atoms with Gasteiger partial charge in [0.15, 0.2) is 0 Å². The summed E-state index contributed by atoms with van der Waals surface area (Å²) in [5.41, 5.74) is 1.03. The predicted octanol–water partition coefficient (Wildman–Crippen LogP) is 2.99. The molecule has 0 saturated carbocycles. The highest BCUT2D eigenvalue weighted by Gasteiger charge is 2.34. The summed E-state index contributed by atoms with van der Waals surface area (Å²) in [6.07, 6.45) is 3.29. The summed E-state index contributed by atoms with van der Waals surface area (Å²) >= 11 is 0. The minimum atomic E-state index is -3.59. The second kappa shape index (κ2) is 9.89. The molecular weight excluding hydrogens is 388 g/mol. The molecule has 1 fully saturated rings. The van der Waals surface area contributed by atoms with Gasteiger partial charge in [0, 0.05) is 25.6 Å². The van der Waals surface area contributed by atoms with Crippen LogP contribution in [0.15, 0.2) is 59.5 Å². The Morgan fingerprint density at radius 3 is 2.59 bits per heavy atom. The molecule has 1 N–H and O–H groups in total. The number of para-hydroxylation sites is 1. The van der Waals surface area contributed by atoms with E-state index >= 15 is 0 Å². The Kier molecular flexibility index (Phi) is 7.28. The summed E-state index contributed by atoms with van der Waals surface area (Å²) in [5, 5.41) is 2.93. The zero-order valence-electron chi connectivity index (χ0n) is 16.7. The van der Waals surface area contributed by atoms with Crippen LogP contribution in [0, 0.1) is 0 Å².